The quantitative estimate of drug-likeness (QED) is 0.831. The molecule has 0 bridgehead atoms. The second kappa shape index (κ2) is 6.97. The number of aliphatic hydroxyl groups excluding tert-OH is 1. The first-order valence-electron chi connectivity index (χ1n) is 6.03. The second-order valence-corrected chi connectivity index (χ2v) is 5.45. The molecule has 2 N–H and O–H groups in total. The molecule has 20 heavy (non-hydrogen) atoms. The number of nitrogens with one attached hydrogen (secondary N) is 1. The highest BCUT2D eigenvalue weighted by molar-refractivity contribution is 9.10. The third-order valence-electron chi connectivity index (χ3n) is 2.71. The van der Waals surface area contributed by atoms with Crippen molar-refractivity contribution in [3.8, 4) is 5.75 Å². The van der Waals surface area contributed by atoms with Crippen molar-refractivity contribution in [1.82, 2.24) is 9.78 Å². The molecule has 0 aliphatic rings. The van der Waals surface area contributed by atoms with Gasteiger partial charge in [0.15, 0.2) is 5.75 Å². The molecule has 2 rings (SSSR count). The molecular formula is C13H15BrClN3O2. The summed E-state index contributed by atoms with van der Waals surface area (Å²) in [5.41, 5.74) is 1.82. The molecule has 0 aliphatic carbocycles. The Bertz CT molecular complexity index is 589. The number of nitrogens with zero attached hydrogens (tertiary/aromatic N) is 2. The lowest BCUT2D eigenvalue weighted by Crippen LogP contribution is -2.03. The van der Waals surface area contributed by atoms with Crippen LogP contribution in [0.25, 0.3) is 0 Å². The normalized spacial score (nSPS) is 10.6. The Morgan fingerprint density at radius 1 is 1.50 bits per heavy atom. The molecule has 0 saturated carbocycles. The summed E-state index contributed by atoms with van der Waals surface area (Å²) in [6, 6.07) is 3.59. The van der Waals surface area contributed by atoms with E-state index in [0.717, 1.165) is 15.7 Å². The van der Waals surface area contributed by atoms with Gasteiger partial charge < -0.3 is 15.2 Å². The highest BCUT2D eigenvalue weighted by atomic mass is 79.9. The molecule has 0 amide bonds. The van der Waals surface area contributed by atoms with Crippen molar-refractivity contribution in [3.63, 3.8) is 0 Å². The van der Waals surface area contributed by atoms with E-state index in [2.05, 4.69) is 26.3 Å². The molecule has 0 unspecified atom stereocenters. The number of benzene rings is 1. The fourth-order valence-electron chi connectivity index (χ4n) is 1.82. The van der Waals surface area contributed by atoms with Gasteiger partial charge in [0.05, 0.1) is 36.6 Å². The predicted molar refractivity (Wildman–Crippen MR) is 82.3 cm³/mol. The van der Waals surface area contributed by atoms with Crippen molar-refractivity contribution in [3.05, 3.63) is 39.6 Å². The Morgan fingerprint density at radius 3 is 3.00 bits per heavy atom. The minimum atomic E-state index is 0.0730. The molecule has 0 saturated heterocycles. The predicted octanol–water partition coefficient (Wildman–Crippen LogP) is 2.91. The van der Waals surface area contributed by atoms with Crippen LogP contribution in [0.15, 0.2) is 29.0 Å². The smallest absolute Gasteiger partial charge is 0.156 e. The summed E-state index contributed by atoms with van der Waals surface area (Å²) < 4.78 is 7.84. The highest BCUT2D eigenvalue weighted by Gasteiger charge is 2.09. The van der Waals surface area contributed by atoms with Crippen LogP contribution in [-0.2, 0) is 13.1 Å². The molecule has 108 valence electrons. The first-order chi connectivity index (χ1) is 9.63. The van der Waals surface area contributed by atoms with Gasteiger partial charge in [0.1, 0.15) is 0 Å². The molecule has 7 heteroatoms. The molecule has 0 spiro atoms. The monoisotopic (exact) mass is 359 g/mol. The second-order valence-electron chi connectivity index (χ2n) is 4.16. The lowest BCUT2D eigenvalue weighted by molar-refractivity contribution is 0.269. The SMILES string of the molecule is COc1c(Br)cc(Cl)cc1NCc1cnn(CCO)c1. The summed E-state index contributed by atoms with van der Waals surface area (Å²) in [5, 5.41) is 16.9. The van der Waals surface area contributed by atoms with Crippen molar-refractivity contribution < 1.29 is 9.84 Å². The number of aromatic nitrogens is 2. The first-order valence-corrected chi connectivity index (χ1v) is 7.20. The summed E-state index contributed by atoms with van der Waals surface area (Å²) in [4.78, 5) is 0. The van der Waals surface area contributed by atoms with E-state index in [1.54, 1.807) is 24.1 Å². The summed E-state index contributed by atoms with van der Waals surface area (Å²) in [7, 11) is 1.61. The van der Waals surface area contributed by atoms with Gasteiger partial charge in [-0.3, -0.25) is 4.68 Å². The summed E-state index contributed by atoms with van der Waals surface area (Å²) in [6.45, 7) is 1.16. The Morgan fingerprint density at radius 2 is 2.30 bits per heavy atom. The lowest BCUT2D eigenvalue weighted by atomic mass is 10.2. The van der Waals surface area contributed by atoms with Gasteiger partial charge in [0, 0.05) is 23.3 Å². The van der Waals surface area contributed by atoms with Crippen LogP contribution in [0.4, 0.5) is 5.69 Å². The van der Waals surface area contributed by atoms with Gasteiger partial charge in [-0.15, -0.1) is 0 Å². The molecule has 5 nitrogen and oxygen atoms in total. The first kappa shape index (κ1) is 15.2. The average molecular weight is 361 g/mol. The average Bonchev–Trinajstić information content (AvgIpc) is 2.84. The Labute approximate surface area is 130 Å². The number of halogens is 2. The van der Waals surface area contributed by atoms with Crippen LogP contribution in [0, 0.1) is 0 Å². The summed E-state index contributed by atoms with van der Waals surface area (Å²) in [5.74, 6) is 0.706. The van der Waals surface area contributed by atoms with Gasteiger partial charge in [0.25, 0.3) is 0 Å². The van der Waals surface area contributed by atoms with Gasteiger partial charge in [-0.05, 0) is 28.1 Å². The van der Waals surface area contributed by atoms with Crippen molar-refractivity contribution >= 4 is 33.2 Å². The van der Waals surface area contributed by atoms with Gasteiger partial charge >= 0.3 is 0 Å². The number of aliphatic hydroxyl groups is 1. The minimum Gasteiger partial charge on any atom is -0.493 e. The minimum absolute atomic E-state index is 0.0730. The summed E-state index contributed by atoms with van der Waals surface area (Å²) >= 11 is 9.45. The van der Waals surface area contributed by atoms with E-state index < -0.39 is 0 Å². The van der Waals surface area contributed by atoms with E-state index in [0.29, 0.717) is 23.9 Å². The standard InChI is InChI=1S/C13H15BrClN3O2/c1-20-13-11(14)4-10(15)5-12(13)16-6-9-7-17-18(8-9)2-3-19/h4-5,7-8,16,19H,2-3,6H2,1H3. The van der Waals surface area contributed by atoms with Gasteiger partial charge in [-0.2, -0.15) is 5.10 Å². The molecule has 0 radical (unpaired) electrons. The van der Waals surface area contributed by atoms with E-state index in [4.69, 9.17) is 21.4 Å². The number of anilines is 1. The Kier molecular flexibility index (Phi) is 5.28. The molecule has 0 aliphatic heterocycles. The maximum atomic E-state index is 8.85. The molecular weight excluding hydrogens is 346 g/mol. The van der Waals surface area contributed by atoms with E-state index in [-0.39, 0.29) is 6.61 Å². The molecule has 0 atom stereocenters. The Balaban J connectivity index is 2.09. The topological polar surface area (TPSA) is 59.3 Å². The number of rotatable bonds is 6. The molecule has 1 aromatic heterocycles. The number of ether oxygens (including phenoxy) is 1. The number of methoxy groups -OCH3 is 1. The van der Waals surface area contributed by atoms with E-state index in [1.807, 2.05) is 12.3 Å². The molecule has 1 heterocycles. The fraction of sp³-hybridized carbons (Fsp3) is 0.308. The van der Waals surface area contributed by atoms with Crippen LogP contribution in [0.5, 0.6) is 5.75 Å². The van der Waals surface area contributed by atoms with Crippen LogP contribution in [0.3, 0.4) is 0 Å². The third-order valence-corrected chi connectivity index (χ3v) is 3.52. The van der Waals surface area contributed by atoms with E-state index in [9.17, 15) is 0 Å². The van der Waals surface area contributed by atoms with Crippen molar-refractivity contribution in [2.45, 2.75) is 13.1 Å². The zero-order chi connectivity index (χ0) is 14.5. The van der Waals surface area contributed by atoms with E-state index in [1.165, 1.54) is 0 Å². The number of hydrogen-bond donors (Lipinski definition) is 2. The maximum absolute atomic E-state index is 8.85. The van der Waals surface area contributed by atoms with Crippen LogP contribution in [0.1, 0.15) is 5.56 Å². The zero-order valence-corrected chi connectivity index (χ0v) is 13.3. The molecule has 2 aromatic rings. The van der Waals surface area contributed by atoms with Crippen molar-refractivity contribution in [1.29, 1.82) is 0 Å². The zero-order valence-electron chi connectivity index (χ0n) is 10.9. The highest BCUT2D eigenvalue weighted by Crippen LogP contribution is 2.36. The van der Waals surface area contributed by atoms with E-state index >= 15 is 0 Å². The third kappa shape index (κ3) is 3.65. The van der Waals surface area contributed by atoms with Gasteiger partial charge in [0.2, 0.25) is 0 Å². The van der Waals surface area contributed by atoms with Crippen LogP contribution < -0.4 is 10.1 Å². The molecule has 0 fully saturated rings. The van der Waals surface area contributed by atoms with Crippen LogP contribution in [-0.4, -0.2) is 28.6 Å². The number of hydrogen-bond acceptors (Lipinski definition) is 4. The van der Waals surface area contributed by atoms with Crippen molar-refractivity contribution in [2.75, 3.05) is 19.0 Å². The largest absolute Gasteiger partial charge is 0.493 e. The fourth-order valence-corrected chi connectivity index (χ4v) is 2.79. The molecule has 1 aromatic carbocycles. The summed E-state index contributed by atoms with van der Waals surface area (Å²) in [6.07, 6.45) is 3.64. The van der Waals surface area contributed by atoms with Crippen LogP contribution in [0.2, 0.25) is 5.02 Å². The van der Waals surface area contributed by atoms with Crippen molar-refractivity contribution in [2.24, 2.45) is 0 Å². The van der Waals surface area contributed by atoms with Crippen LogP contribution >= 0.6 is 27.5 Å². The van der Waals surface area contributed by atoms with Gasteiger partial charge in [-0.25, -0.2) is 0 Å². The maximum Gasteiger partial charge on any atom is 0.156 e. The lowest BCUT2D eigenvalue weighted by Gasteiger charge is -2.12. The Hall–Kier alpha value is -1.24. The van der Waals surface area contributed by atoms with Gasteiger partial charge in [-0.1, -0.05) is 11.6 Å².